The Balaban J connectivity index is 0.000000279. The highest BCUT2D eigenvalue weighted by atomic mass is 19.4. The van der Waals surface area contributed by atoms with Crippen LogP contribution in [0.2, 0.25) is 0 Å². The maximum absolute atomic E-state index is 12.2. The summed E-state index contributed by atoms with van der Waals surface area (Å²) in [4.78, 5) is 27.7. The van der Waals surface area contributed by atoms with Crippen molar-refractivity contribution in [3.05, 3.63) is 36.2 Å². The molecule has 8 nitrogen and oxygen atoms in total. The topological polar surface area (TPSA) is 93.3 Å². The number of amides is 1. The third kappa shape index (κ3) is 5.33. The molecule has 0 saturated heterocycles. The van der Waals surface area contributed by atoms with E-state index in [1.54, 1.807) is 6.20 Å². The number of carbonyl (C=O) groups excluding carboxylic acids is 1. The zero-order valence-electron chi connectivity index (χ0n) is 15.0. The van der Waals surface area contributed by atoms with Gasteiger partial charge in [0, 0.05) is 38.1 Å². The fourth-order valence-electron chi connectivity index (χ4n) is 2.86. The molecule has 1 aliphatic carbocycles. The van der Waals surface area contributed by atoms with Crippen molar-refractivity contribution in [2.45, 2.75) is 45.1 Å². The van der Waals surface area contributed by atoms with Crippen molar-refractivity contribution < 1.29 is 27.9 Å². The number of rotatable bonds is 4. The van der Waals surface area contributed by atoms with Crippen molar-refractivity contribution in [1.29, 1.82) is 0 Å². The Bertz CT molecular complexity index is 828. The summed E-state index contributed by atoms with van der Waals surface area (Å²) in [7, 11) is 0. The molecule has 2 aliphatic rings. The van der Waals surface area contributed by atoms with E-state index in [0.717, 1.165) is 31.0 Å². The molecule has 0 unspecified atom stereocenters. The van der Waals surface area contributed by atoms with E-state index in [1.807, 2.05) is 21.8 Å². The van der Waals surface area contributed by atoms with Gasteiger partial charge in [-0.15, -0.1) is 0 Å². The first-order valence-corrected chi connectivity index (χ1v) is 8.82. The van der Waals surface area contributed by atoms with Crippen molar-refractivity contribution in [3.63, 3.8) is 0 Å². The van der Waals surface area contributed by atoms with Crippen LogP contribution in [0.4, 0.5) is 13.2 Å². The van der Waals surface area contributed by atoms with E-state index >= 15 is 0 Å². The lowest BCUT2D eigenvalue weighted by molar-refractivity contribution is -0.192. The average Bonchev–Trinajstić information content (AvgIpc) is 3.13. The van der Waals surface area contributed by atoms with Crippen molar-refractivity contribution in [1.82, 2.24) is 24.2 Å². The Morgan fingerprint density at radius 3 is 2.54 bits per heavy atom. The summed E-state index contributed by atoms with van der Waals surface area (Å²) in [6.45, 7) is 2.97. The van der Waals surface area contributed by atoms with E-state index in [-0.39, 0.29) is 0 Å². The zero-order chi connectivity index (χ0) is 20.3. The minimum absolute atomic E-state index is 0.292. The molecule has 1 fully saturated rings. The highest BCUT2D eigenvalue weighted by molar-refractivity contribution is 5.76. The Hall–Kier alpha value is -2.85. The number of aliphatic carboxylic acids is 1. The van der Waals surface area contributed by atoms with Gasteiger partial charge in [0.25, 0.3) is 0 Å². The van der Waals surface area contributed by atoms with Crippen LogP contribution >= 0.6 is 0 Å². The van der Waals surface area contributed by atoms with Gasteiger partial charge >= 0.3 is 12.1 Å². The van der Waals surface area contributed by atoms with Crippen LogP contribution in [-0.4, -0.2) is 53.9 Å². The molecule has 0 aromatic carbocycles. The number of hydrogen-bond acceptors (Lipinski definition) is 4. The lowest BCUT2D eigenvalue weighted by Crippen LogP contribution is -2.38. The monoisotopic (exact) mass is 399 g/mol. The third-order valence-electron chi connectivity index (χ3n) is 4.49. The molecule has 0 radical (unpaired) electrons. The van der Waals surface area contributed by atoms with E-state index in [2.05, 4.69) is 20.8 Å². The van der Waals surface area contributed by atoms with Crippen LogP contribution in [0.3, 0.4) is 0 Å². The lowest BCUT2D eigenvalue weighted by Gasteiger charge is -2.27. The van der Waals surface area contributed by atoms with Crippen LogP contribution in [0.15, 0.2) is 24.7 Å². The summed E-state index contributed by atoms with van der Waals surface area (Å²) in [5.41, 5.74) is 1.00. The first-order valence-electron chi connectivity index (χ1n) is 8.82. The van der Waals surface area contributed by atoms with Gasteiger partial charge in [0.15, 0.2) is 0 Å². The SMILES string of the molecule is O=C(CC1CC1)N1CCn2cc(Cn3cccn3)nc2C1.O=C(O)C(F)(F)F. The summed E-state index contributed by atoms with van der Waals surface area (Å²) in [5, 5.41) is 11.3. The van der Waals surface area contributed by atoms with Gasteiger partial charge < -0.3 is 14.6 Å². The van der Waals surface area contributed by atoms with E-state index < -0.39 is 12.1 Å². The number of imidazole rings is 1. The van der Waals surface area contributed by atoms with E-state index in [4.69, 9.17) is 9.90 Å². The Morgan fingerprint density at radius 2 is 1.96 bits per heavy atom. The molecule has 3 heterocycles. The second kappa shape index (κ2) is 8.03. The van der Waals surface area contributed by atoms with Gasteiger partial charge in [-0.1, -0.05) is 0 Å². The Labute approximate surface area is 158 Å². The fourth-order valence-corrected chi connectivity index (χ4v) is 2.86. The highest BCUT2D eigenvalue weighted by Gasteiger charge is 2.38. The van der Waals surface area contributed by atoms with Crippen LogP contribution in [-0.2, 0) is 29.2 Å². The van der Waals surface area contributed by atoms with Crippen molar-refractivity contribution in [3.8, 4) is 0 Å². The normalized spacial score (nSPS) is 16.2. The number of carboxylic acids is 1. The number of nitrogens with zero attached hydrogens (tertiary/aromatic N) is 5. The second-order valence-corrected chi connectivity index (χ2v) is 6.81. The summed E-state index contributed by atoms with van der Waals surface area (Å²) >= 11 is 0. The number of carbonyl (C=O) groups is 2. The molecule has 1 aliphatic heterocycles. The molecule has 0 bridgehead atoms. The quantitative estimate of drug-likeness (QED) is 0.848. The molecule has 1 saturated carbocycles. The first-order chi connectivity index (χ1) is 13.2. The fraction of sp³-hybridized carbons (Fsp3) is 0.529. The van der Waals surface area contributed by atoms with E-state index in [0.29, 0.717) is 24.9 Å². The molecule has 0 spiro atoms. The smallest absolute Gasteiger partial charge is 0.475 e. The van der Waals surface area contributed by atoms with Crippen molar-refractivity contribution >= 4 is 11.9 Å². The molecule has 1 N–H and O–H groups in total. The third-order valence-corrected chi connectivity index (χ3v) is 4.49. The van der Waals surface area contributed by atoms with Gasteiger partial charge in [-0.3, -0.25) is 9.48 Å². The van der Waals surface area contributed by atoms with Crippen molar-refractivity contribution in [2.24, 2.45) is 5.92 Å². The molecular formula is C17H20F3N5O3. The second-order valence-electron chi connectivity index (χ2n) is 6.81. The number of fused-ring (bicyclic) bond motifs is 1. The lowest BCUT2D eigenvalue weighted by atomic mass is 10.2. The first kappa shape index (κ1) is 19.9. The van der Waals surface area contributed by atoms with Gasteiger partial charge in [-0.05, 0) is 24.8 Å². The minimum atomic E-state index is -5.08. The molecule has 0 atom stereocenters. The summed E-state index contributed by atoms with van der Waals surface area (Å²) in [6.07, 6.45) is 3.88. The molecule has 4 rings (SSSR count). The van der Waals surface area contributed by atoms with E-state index in [1.165, 1.54) is 12.8 Å². The van der Waals surface area contributed by atoms with Gasteiger partial charge in [-0.25, -0.2) is 9.78 Å². The van der Waals surface area contributed by atoms with Gasteiger partial charge in [0.2, 0.25) is 5.91 Å². The van der Waals surface area contributed by atoms with E-state index in [9.17, 15) is 18.0 Å². The van der Waals surface area contributed by atoms with Crippen LogP contribution in [0.5, 0.6) is 0 Å². The van der Waals surface area contributed by atoms with Crippen LogP contribution in [0, 0.1) is 5.92 Å². The van der Waals surface area contributed by atoms with Crippen LogP contribution in [0.1, 0.15) is 30.8 Å². The predicted molar refractivity (Wildman–Crippen MR) is 90.0 cm³/mol. The standard InChI is InChI=1S/C15H19N5O.C2HF3O2/c21-15(8-12-2-3-12)19-7-6-18-9-13(17-14(18)11-19)10-20-5-1-4-16-20;3-2(4,5)1(6)7/h1,4-5,9,12H,2-3,6-8,10-11H2;(H,6,7). The molecular weight excluding hydrogens is 379 g/mol. The predicted octanol–water partition coefficient (Wildman–Crippen LogP) is 1.90. The maximum atomic E-state index is 12.2. The molecule has 152 valence electrons. The Morgan fingerprint density at radius 1 is 1.25 bits per heavy atom. The number of hydrogen-bond donors (Lipinski definition) is 1. The number of aromatic nitrogens is 4. The molecule has 11 heteroatoms. The average molecular weight is 399 g/mol. The van der Waals surface area contributed by atoms with Gasteiger partial charge in [-0.2, -0.15) is 18.3 Å². The molecule has 2 aromatic rings. The maximum Gasteiger partial charge on any atom is 0.490 e. The summed E-state index contributed by atoms with van der Waals surface area (Å²) in [5.74, 6) is -0.824. The summed E-state index contributed by atoms with van der Waals surface area (Å²) in [6, 6.07) is 1.91. The van der Waals surface area contributed by atoms with Gasteiger partial charge in [0.05, 0.1) is 18.8 Å². The Kier molecular flexibility index (Phi) is 5.71. The zero-order valence-corrected chi connectivity index (χ0v) is 15.0. The van der Waals surface area contributed by atoms with Crippen molar-refractivity contribution in [2.75, 3.05) is 6.54 Å². The minimum Gasteiger partial charge on any atom is -0.475 e. The highest BCUT2D eigenvalue weighted by Crippen LogP contribution is 2.33. The largest absolute Gasteiger partial charge is 0.490 e. The van der Waals surface area contributed by atoms with Crippen LogP contribution in [0.25, 0.3) is 0 Å². The number of carboxylic acid groups (broad SMARTS) is 1. The van der Waals surface area contributed by atoms with Gasteiger partial charge in [0.1, 0.15) is 5.82 Å². The molecule has 2 aromatic heterocycles. The number of alkyl halides is 3. The van der Waals surface area contributed by atoms with Crippen LogP contribution < -0.4 is 0 Å². The molecule has 28 heavy (non-hydrogen) atoms. The number of halogens is 3. The molecule has 1 amide bonds. The summed E-state index contributed by atoms with van der Waals surface area (Å²) < 4.78 is 35.8.